The second-order valence-electron chi connectivity index (χ2n) is 7.29. The molecule has 0 aromatic heterocycles. The first kappa shape index (κ1) is 22.5. The zero-order valence-electron chi connectivity index (χ0n) is 17.7. The highest BCUT2D eigenvalue weighted by molar-refractivity contribution is 7.80. The largest absolute Gasteiger partial charge is 0.422 e. The number of hydrogen-bond acceptors (Lipinski definition) is 4. The summed E-state index contributed by atoms with van der Waals surface area (Å²) in [6.07, 6.45) is 1.59. The minimum absolute atomic E-state index is 0.344. The van der Waals surface area contributed by atoms with Gasteiger partial charge in [-0.2, -0.15) is 5.10 Å². The fourth-order valence-electron chi connectivity index (χ4n) is 3.28. The van der Waals surface area contributed by atoms with Crippen molar-refractivity contribution in [2.75, 3.05) is 5.32 Å². The molecule has 0 aliphatic heterocycles. The highest BCUT2D eigenvalue weighted by atomic mass is 35.5. The number of carbonyl (C=O) groups is 1. The molecule has 2 N–H and O–H groups in total. The number of nitrogens with one attached hydrogen (secondary N) is 2. The lowest BCUT2D eigenvalue weighted by molar-refractivity contribution is 0.0735. The Hall–Kier alpha value is -3.74. The van der Waals surface area contributed by atoms with Gasteiger partial charge >= 0.3 is 5.97 Å². The monoisotopic (exact) mass is 473 g/mol. The summed E-state index contributed by atoms with van der Waals surface area (Å²) in [6, 6.07) is 25.8. The molecule has 0 spiro atoms. The standard InChI is InChI=1S/C26H20ClN3O2S/c1-17-5-4-7-21(15-17)29-26(33)30-28-16-23-22-8-3-2-6-18(22)11-14-24(23)32-25(31)19-9-12-20(27)13-10-19/h2-16H,1H3,(H2,29,30,33). The van der Waals surface area contributed by atoms with Crippen LogP contribution in [-0.4, -0.2) is 17.3 Å². The van der Waals surface area contributed by atoms with E-state index >= 15 is 0 Å². The second-order valence-corrected chi connectivity index (χ2v) is 8.13. The SMILES string of the molecule is Cc1cccc(NC(=S)NN=Cc2c(OC(=O)c3ccc(Cl)cc3)ccc3ccccc23)c1. The van der Waals surface area contributed by atoms with Gasteiger partial charge in [-0.15, -0.1) is 0 Å². The van der Waals surface area contributed by atoms with E-state index in [1.807, 2.05) is 61.5 Å². The van der Waals surface area contributed by atoms with Crippen LogP contribution in [0.25, 0.3) is 10.8 Å². The first-order valence-corrected chi connectivity index (χ1v) is 10.9. The number of carbonyl (C=O) groups excluding carboxylic acids is 1. The lowest BCUT2D eigenvalue weighted by atomic mass is 10.0. The van der Waals surface area contributed by atoms with Gasteiger partial charge in [0.15, 0.2) is 5.11 Å². The van der Waals surface area contributed by atoms with Crippen molar-refractivity contribution in [2.45, 2.75) is 6.92 Å². The van der Waals surface area contributed by atoms with Crippen LogP contribution in [0.3, 0.4) is 0 Å². The van der Waals surface area contributed by atoms with Gasteiger partial charge in [0.25, 0.3) is 0 Å². The average Bonchev–Trinajstić information content (AvgIpc) is 2.80. The normalized spacial score (nSPS) is 10.8. The Morgan fingerprint density at radius 2 is 1.79 bits per heavy atom. The van der Waals surface area contributed by atoms with Gasteiger partial charge in [0.1, 0.15) is 5.75 Å². The summed E-state index contributed by atoms with van der Waals surface area (Å²) >= 11 is 11.3. The van der Waals surface area contributed by atoms with Gasteiger partial charge in [0, 0.05) is 16.3 Å². The predicted octanol–water partition coefficient (Wildman–Crippen LogP) is 6.34. The first-order valence-electron chi connectivity index (χ1n) is 10.2. The Morgan fingerprint density at radius 1 is 1.00 bits per heavy atom. The zero-order chi connectivity index (χ0) is 23.2. The molecule has 0 radical (unpaired) electrons. The molecule has 33 heavy (non-hydrogen) atoms. The molecular weight excluding hydrogens is 454 g/mol. The highest BCUT2D eigenvalue weighted by Gasteiger charge is 2.13. The molecule has 0 unspecified atom stereocenters. The molecule has 7 heteroatoms. The van der Waals surface area contributed by atoms with Crippen molar-refractivity contribution in [3.05, 3.63) is 107 Å². The van der Waals surface area contributed by atoms with E-state index in [4.69, 9.17) is 28.6 Å². The summed E-state index contributed by atoms with van der Waals surface area (Å²) in [5, 5.41) is 10.1. The number of ether oxygens (including phenoxy) is 1. The van der Waals surface area contributed by atoms with Crippen molar-refractivity contribution in [2.24, 2.45) is 5.10 Å². The van der Waals surface area contributed by atoms with Crippen LogP contribution in [0.1, 0.15) is 21.5 Å². The topological polar surface area (TPSA) is 62.7 Å². The Morgan fingerprint density at radius 3 is 2.58 bits per heavy atom. The molecule has 4 rings (SSSR count). The van der Waals surface area contributed by atoms with Gasteiger partial charge < -0.3 is 10.1 Å². The number of aryl methyl sites for hydroxylation is 1. The number of hydrogen-bond donors (Lipinski definition) is 2. The van der Waals surface area contributed by atoms with E-state index in [0.717, 1.165) is 22.0 Å². The number of benzene rings is 4. The van der Waals surface area contributed by atoms with Crippen LogP contribution >= 0.6 is 23.8 Å². The number of halogens is 1. The highest BCUT2D eigenvalue weighted by Crippen LogP contribution is 2.27. The molecule has 164 valence electrons. The van der Waals surface area contributed by atoms with Gasteiger partial charge in [-0.3, -0.25) is 5.43 Å². The number of anilines is 1. The average molecular weight is 474 g/mol. The lowest BCUT2D eigenvalue weighted by Gasteiger charge is -2.11. The molecule has 0 saturated heterocycles. The molecule has 0 bridgehead atoms. The molecule has 0 saturated carbocycles. The number of nitrogens with zero attached hydrogens (tertiary/aromatic N) is 1. The summed E-state index contributed by atoms with van der Waals surface area (Å²) < 4.78 is 5.70. The number of rotatable bonds is 5. The van der Waals surface area contributed by atoms with Crippen LogP contribution in [0.5, 0.6) is 5.75 Å². The molecule has 4 aromatic carbocycles. The van der Waals surface area contributed by atoms with E-state index in [9.17, 15) is 4.79 Å². The van der Waals surface area contributed by atoms with Gasteiger partial charge in [0.2, 0.25) is 0 Å². The maximum Gasteiger partial charge on any atom is 0.343 e. The molecule has 4 aromatic rings. The Balaban J connectivity index is 1.56. The summed E-state index contributed by atoms with van der Waals surface area (Å²) in [6.45, 7) is 2.01. The van der Waals surface area contributed by atoms with Crippen molar-refractivity contribution >= 4 is 57.6 Å². The van der Waals surface area contributed by atoms with Gasteiger partial charge in [-0.1, -0.05) is 54.1 Å². The third-order valence-corrected chi connectivity index (χ3v) is 5.29. The molecule has 0 aliphatic carbocycles. The zero-order valence-corrected chi connectivity index (χ0v) is 19.3. The minimum Gasteiger partial charge on any atom is -0.422 e. The van der Waals surface area contributed by atoms with Crippen LogP contribution in [-0.2, 0) is 0 Å². The van der Waals surface area contributed by atoms with Crippen LogP contribution in [0.4, 0.5) is 5.69 Å². The van der Waals surface area contributed by atoms with Crippen LogP contribution in [0.15, 0.2) is 90.0 Å². The summed E-state index contributed by atoms with van der Waals surface area (Å²) in [5.41, 5.74) is 5.86. The Labute approximate surface area is 202 Å². The van der Waals surface area contributed by atoms with E-state index < -0.39 is 5.97 Å². The van der Waals surface area contributed by atoms with Crippen LogP contribution < -0.4 is 15.5 Å². The van der Waals surface area contributed by atoms with Crippen molar-refractivity contribution < 1.29 is 9.53 Å². The lowest BCUT2D eigenvalue weighted by Crippen LogP contribution is -2.23. The third kappa shape index (κ3) is 5.74. The number of esters is 1. The fourth-order valence-corrected chi connectivity index (χ4v) is 3.58. The molecule has 0 aliphatic rings. The third-order valence-electron chi connectivity index (χ3n) is 4.85. The van der Waals surface area contributed by atoms with E-state index in [0.29, 0.717) is 27.0 Å². The molecule has 0 atom stereocenters. The maximum absolute atomic E-state index is 12.7. The van der Waals surface area contributed by atoms with Gasteiger partial charge in [-0.25, -0.2) is 4.79 Å². The van der Waals surface area contributed by atoms with Crippen molar-refractivity contribution in [3.8, 4) is 5.75 Å². The Kier molecular flexibility index (Phi) is 6.98. The van der Waals surface area contributed by atoms with Gasteiger partial charge in [0.05, 0.1) is 11.8 Å². The number of thiocarbonyl (C=S) groups is 1. The van der Waals surface area contributed by atoms with E-state index in [1.165, 1.54) is 0 Å². The second kappa shape index (κ2) is 10.3. The predicted molar refractivity (Wildman–Crippen MR) is 138 cm³/mol. The van der Waals surface area contributed by atoms with Gasteiger partial charge in [-0.05, 0) is 77.9 Å². The summed E-state index contributed by atoms with van der Waals surface area (Å²) in [5.74, 6) is -0.0991. The molecule has 0 heterocycles. The molecule has 5 nitrogen and oxygen atoms in total. The van der Waals surface area contributed by atoms with E-state index in [-0.39, 0.29) is 0 Å². The number of fused-ring (bicyclic) bond motifs is 1. The summed E-state index contributed by atoms with van der Waals surface area (Å²) in [7, 11) is 0. The molecular formula is C26H20ClN3O2S. The first-order chi connectivity index (χ1) is 16.0. The van der Waals surface area contributed by atoms with Crippen molar-refractivity contribution in [1.82, 2.24) is 5.43 Å². The summed E-state index contributed by atoms with van der Waals surface area (Å²) in [4.78, 5) is 12.7. The van der Waals surface area contributed by atoms with Crippen LogP contribution in [0, 0.1) is 6.92 Å². The molecule has 0 fully saturated rings. The van der Waals surface area contributed by atoms with Crippen molar-refractivity contribution in [1.29, 1.82) is 0 Å². The fraction of sp³-hybridized carbons (Fsp3) is 0.0385. The smallest absolute Gasteiger partial charge is 0.343 e. The maximum atomic E-state index is 12.7. The van der Waals surface area contributed by atoms with E-state index in [1.54, 1.807) is 36.5 Å². The quantitative estimate of drug-likeness (QED) is 0.116. The minimum atomic E-state index is -0.485. The number of hydrazone groups is 1. The Bertz CT molecular complexity index is 1350. The van der Waals surface area contributed by atoms with E-state index in [2.05, 4.69) is 15.8 Å². The van der Waals surface area contributed by atoms with Crippen molar-refractivity contribution in [3.63, 3.8) is 0 Å². The molecule has 0 amide bonds. The van der Waals surface area contributed by atoms with Crippen LogP contribution in [0.2, 0.25) is 5.02 Å².